The summed E-state index contributed by atoms with van der Waals surface area (Å²) in [6.45, 7) is 5.71. The molecular weight excluding hydrogens is 348 g/mol. The zero-order chi connectivity index (χ0) is 19.2. The fourth-order valence-corrected chi connectivity index (χ4v) is 4.34. The molecule has 4 heteroatoms. The lowest BCUT2D eigenvalue weighted by Gasteiger charge is -2.35. The molecular formula is C24H32N2O2. The third-order valence-electron chi connectivity index (χ3n) is 5.77. The molecule has 2 aromatic rings. The molecule has 1 unspecified atom stereocenters. The van der Waals surface area contributed by atoms with Crippen LogP contribution in [0.4, 0.5) is 5.69 Å². The molecule has 0 spiro atoms. The summed E-state index contributed by atoms with van der Waals surface area (Å²) >= 11 is 0. The highest BCUT2D eigenvalue weighted by molar-refractivity contribution is 5.57. The van der Waals surface area contributed by atoms with E-state index in [1.165, 1.54) is 24.1 Å². The highest BCUT2D eigenvalue weighted by Crippen LogP contribution is 2.35. The molecule has 4 nitrogen and oxygen atoms in total. The summed E-state index contributed by atoms with van der Waals surface area (Å²) in [5.74, 6) is 1.78. The predicted octanol–water partition coefficient (Wildman–Crippen LogP) is 4.43. The molecule has 2 aliphatic rings. The Bertz CT molecular complexity index is 744. The lowest BCUT2D eigenvalue weighted by atomic mass is 10.0. The summed E-state index contributed by atoms with van der Waals surface area (Å²) in [4.78, 5) is 2.47. The molecule has 150 valence electrons. The Morgan fingerprint density at radius 3 is 2.64 bits per heavy atom. The van der Waals surface area contributed by atoms with Gasteiger partial charge in [0.25, 0.3) is 0 Å². The summed E-state index contributed by atoms with van der Waals surface area (Å²) in [5, 5.41) is 3.67. The van der Waals surface area contributed by atoms with Gasteiger partial charge >= 0.3 is 0 Å². The van der Waals surface area contributed by atoms with Gasteiger partial charge < -0.3 is 19.7 Å². The van der Waals surface area contributed by atoms with Crippen LogP contribution < -0.4 is 19.7 Å². The van der Waals surface area contributed by atoms with Crippen LogP contribution in [0.15, 0.2) is 48.5 Å². The molecule has 1 saturated heterocycles. The topological polar surface area (TPSA) is 33.7 Å². The summed E-state index contributed by atoms with van der Waals surface area (Å²) in [5.41, 5.74) is 2.62. The second-order valence-corrected chi connectivity index (χ2v) is 7.88. The predicted molar refractivity (Wildman–Crippen MR) is 115 cm³/mol. The van der Waals surface area contributed by atoms with Crippen molar-refractivity contribution in [1.29, 1.82) is 0 Å². The van der Waals surface area contributed by atoms with Gasteiger partial charge in [0.15, 0.2) is 11.5 Å². The van der Waals surface area contributed by atoms with E-state index in [4.69, 9.17) is 9.47 Å². The van der Waals surface area contributed by atoms with E-state index in [9.17, 15) is 0 Å². The van der Waals surface area contributed by atoms with Crippen molar-refractivity contribution in [1.82, 2.24) is 5.32 Å². The average Bonchev–Trinajstić information content (AvgIpc) is 3.24. The maximum Gasteiger partial charge on any atom is 0.163 e. The van der Waals surface area contributed by atoms with Crippen LogP contribution in [0.25, 0.3) is 0 Å². The quantitative estimate of drug-likeness (QED) is 0.771. The van der Waals surface area contributed by atoms with Crippen molar-refractivity contribution >= 4 is 5.69 Å². The van der Waals surface area contributed by atoms with E-state index in [0.29, 0.717) is 18.8 Å². The molecule has 1 aliphatic carbocycles. The summed E-state index contributed by atoms with van der Waals surface area (Å²) in [7, 11) is 0. The van der Waals surface area contributed by atoms with Gasteiger partial charge in [0.1, 0.15) is 0 Å². The van der Waals surface area contributed by atoms with E-state index < -0.39 is 0 Å². The standard InChI is InChI=1S/C24H32N2O2/c1-2-27-23-13-12-21(17-24(23)28-22-10-6-7-11-22)26-15-14-25-20(18-26)16-19-8-4-3-5-9-19/h3-5,8-9,12-13,17,20,22,25H,2,6-7,10-11,14-16,18H2,1H3. The van der Waals surface area contributed by atoms with Gasteiger partial charge in [0.2, 0.25) is 0 Å². The van der Waals surface area contributed by atoms with Crippen LogP contribution in [0.2, 0.25) is 0 Å². The van der Waals surface area contributed by atoms with E-state index in [1.807, 2.05) is 6.92 Å². The molecule has 1 heterocycles. The molecule has 1 saturated carbocycles. The number of rotatable bonds is 7. The van der Waals surface area contributed by atoms with Gasteiger partial charge in [-0.1, -0.05) is 30.3 Å². The first-order valence-corrected chi connectivity index (χ1v) is 10.8. The highest BCUT2D eigenvalue weighted by Gasteiger charge is 2.23. The molecule has 2 fully saturated rings. The number of piperazine rings is 1. The van der Waals surface area contributed by atoms with Gasteiger partial charge in [0, 0.05) is 37.4 Å². The monoisotopic (exact) mass is 380 g/mol. The summed E-state index contributed by atoms with van der Waals surface area (Å²) in [6, 6.07) is 17.7. The molecule has 4 rings (SSSR count). The van der Waals surface area contributed by atoms with E-state index in [-0.39, 0.29) is 0 Å². The van der Waals surface area contributed by atoms with Crippen LogP contribution >= 0.6 is 0 Å². The fraction of sp³-hybridized carbons (Fsp3) is 0.500. The lowest BCUT2D eigenvalue weighted by molar-refractivity contribution is 0.197. The Hall–Kier alpha value is -2.20. The molecule has 0 radical (unpaired) electrons. The smallest absolute Gasteiger partial charge is 0.163 e. The molecule has 0 bridgehead atoms. The first kappa shape index (κ1) is 19.1. The van der Waals surface area contributed by atoms with Crippen molar-refractivity contribution in [2.24, 2.45) is 0 Å². The van der Waals surface area contributed by atoms with Gasteiger partial charge in [-0.15, -0.1) is 0 Å². The van der Waals surface area contributed by atoms with Gasteiger partial charge in [-0.3, -0.25) is 0 Å². The minimum absolute atomic E-state index is 0.336. The Kier molecular flexibility index (Phi) is 6.38. The third-order valence-corrected chi connectivity index (χ3v) is 5.77. The SMILES string of the molecule is CCOc1ccc(N2CCNC(Cc3ccccc3)C2)cc1OC1CCCC1. The van der Waals surface area contributed by atoms with E-state index >= 15 is 0 Å². The van der Waals surface area contributed by atoms with Crippen LogP contribution in [-0.2, 0) is 6.42 Å². The number of hydrogen-bond donors (Lipinski definition) is 1. The summed E-state index contributed by atoms with van der Waals surface area (Å²) in [6.07, 6.45) is 6.24. The second-order valence-electron chi connectivity index (χ2n) is 7.88. The van der Waals surface area contributed by atoms with Crippen molar-refractivity contribution in [2.75, 3.05) is 31.1 Å². The fourth-order valence-electron chi connectivity index (χ4n) is 4.34. The normalized spacial score (nSPS) is 20.3. The molecule has 2 aromatic carbocycles. The molecule has 28 heavy (non-hydrogen) atoms. The number of nitrogens with one attached hydrogen (secondary N) is 1. The largest absolute Gasteiger partial charge is 0.490 e. The Morgan fingerprint density at radius 1 is 1.04 bits per heavy atom. The highest BCUT2D eigenvalue weighted by atomic mass is 16.5. The first-order valence-electron chi connectivity index (χ1n) is 10.8. The van der Waals surface area contributed by atoms with Crippen LogP contribution in [0.5, 0.6) is 11.5 Å². The van der Waals surface area contributed by atoms with Crippen molar-refractivity contribution < 1.29 is 9.47 Å². The number of hydrogen-bond acceptors (Lipinski definition) is 4. The minimum Gasteiger partial charge on any atom is -0.490 e. The van der Waals surface area contributed by atoms with Crippen LogP contribution in [0.3, 0.4) is 0 Å². The lowest BCUT2D eigenvalue weighted by Crippen LogP contribution is -2.51. The summed E-state index contributed by atoms with van der Waals surface area (Å²) < 4.78 is 12.2. The van der Waals surface area contributed by atoms with Crippen molar-refractivity contribution in [3.63, 3.8) is 0 Å². The van der Waals surface area contributed by atoms with E-state index in [0.717, 1.165) is 50.4 Å². The molecule has 1 aliphatic heterocycles. The number of anilines is 1. The number of ether oxygens (including phenoxy) is 2. The Labute approximate surface area is 168 Å². The van der Waals surface area contributed by atoms with Crippen molar-refractivity contribution in [3.05, 3.63) is 54.1 Å². The minimum atomic E-state index is 0.336. The maximum absolute atomic E-state index is 6.35. The Balaban J connectivity index is 1.47. The van der Waals surface area contributed by atoms with Crippen LogP contribution in [0.1, 0.15) is 38.2 Å². The van der Waals surface area contributed by atoms with Gasteiger partial charge in [-0.05, 0) is 56.7 Å². The molecule has 1 atom stereocenters. The average molecular weight is 381 g/mol. The van der Waals surface area contributed by atoms with E-state index in [2.05, 4.69) is 58.7 Å². The van der Waals surface area contributed by atoms with Gasteiger partial charge in [-0.25, -0.2) is 0 Å². The Morgan fingerprint density at radius 2 is 1.86 bits per heavy atom. The zero-order valence-electron chi connectivity index (χ0n) is 16.9. The van der Waals surface area contributed by atoms with Crippen LogP contribution in [0, 0.1) is 0 Å². The first-order chi connectivity index (χ1) is 13.8. The maximum atomic E-state index is 6.35. The number of benzene rings is 2. The van der Waals surface area contributed by atoms with Crippen LogP contribution in [-0.4, -0.2) is 38.4 Å². The van der Waals surface area contributed by atoms with Gasteiger partial charge in [-0.2, -0.15) is 0 Å². The number of nitrogens with zero attached hydrogens (tertiary/aromatic N) is 1. The molecule has 0 aromatic heterocycles. The molecule has 1 N–H and O–H groups in total. The zero-order valence-corrected chi connectivity index (χ0v) is 16.9. The van der Waals surface area contributed by atoms with Crippen molar-refractivity contribution in [3.8, 4) is 11.5 Å². The van der Waals surface area contributed by atoms with Crippen molar-refractivity contribution in [2.45, 2.75) is 51.2 Å². The second kappa shape index (κ2) is 9.33. The third kappa shape index (κ3) is 4.79. The molecule has 0 amide bonds. The van der Waals surface area contributed by atoms with Gasteiger partial charge in [0.05, 0.1) is 12.7 Å². The van der Waals surface area contributed by atoms with E-state index in [1.54, 1.807) is 0 Å².